The Morgan fingerprint density at radius 3 is 1.79 bits per heavy atom. The first kappa shape index (κ1) is 23.8. The predicted octanol–water partition coefficient (Wildman–Crippen LogP) is 3.33. The first-order chi connectivity index (χ1) is 15.8. The van der Waals surface area contributed by atoms with Gasteiger partial charge in [0.25, 0.3) is 11.8 Å². The molecule has 0 atom stereocenters. The lowest BCUT2D eigenvalue weighted by molar-refractivity contribution is -0.138. The molecule has 2 aromatic carbocycles. The third-order valence-electron chi connectivity index (χ3n) is 5.24. The van der Waals surface area contributed by atoms with Gasteiger partial charge in [-0.2, -0.15) is 0 Å². The minimum atomic E-state index is -0.437. The van der Waals surface area contributed by atoms with Gasteiger partial charge in [0.15, 0.2) is 23.0 Å². The summed E-state index contributed by atoms with van der Waals surface area (Å²) in [6.45, 7) is 3.56. The largest absolute Gasteiger partial charge is 0.493 e. The fourth-order valence-electron chi connectivity index (χ4n) is 3.69. The molecule has 3 rings (SSSR count). The van der Waals surface area contributed by atoms with Crippen LogP contribution in [0.1, 0.15) is 19.4 Å². The average molecular weight is 456 g/mol. The molecule has 0 fully saturated rings. The summed E-state index contributed by atoms with van der Waals surface area (Å²) in [5, 5.41) is 3.10. The van der Waals surface area contributed by atoms with Crippen LogP contribution in [0.4, 0.5) is 5.69 Å². The molecular weight excluding hydrogens is 428 g/mol. The standard InChI is InChI=1S/C24H28N2O7/c1-13(2)26-23(27)20(14-8-9-16(29-3)17(10-14)30-4)21(24(26)28)25-15-11-18(31-5)22(33-7)19(12-15)32-6/h8-13,25H,1-7H3. The molecule has 0 aromatic heterocycles. The Morgan fingerprint density at radius 2 is 1.30 bits per heavy atom. The van der Waals surface area contributed by atoms with E-state index in [-0.39, 0.29) is 17.3 Å². The number of anilines is 1. The number of carbonyl (C=O) groups excluding carboxylic acids is 2. The van der Waals surface area contributed by atoms with Crippen molar-refractivity contribution >= 4 is 23.1 Å². The number of hydrogen-bond donors (Lipinski definition) is 1. The van der Waals surface area contributed by atoms with Crippen LogP contribution in [0.25, 0.3) is 5.57 Å². The number of nitrogens with one attached hydrogen (secondary N) is 1. The van der Waals surface area contributed by atoms with Gasteiger partial charge in [0.2, 0.25) is 5.75 Å². The summed E-state index contributed by atoms with van der Waals surface area (Å²) in [4.78, 5) is 27.8. The molecular formula is C24H28N2O7. The van der Waals surface area contributed by atoms with Crippen LogP contribution in [0, 0.1) is 0 Å². The Bertz CT molecular complexity index is 1080. The number of methoxy groups -OCH3 is 5. The molecule has 0 saturated carbocycles. The van der Waals surface area contributed by atoms with Crippen molar-refractivity contribution in [2.45, 2.75) is 19.9 Å². The topological polar surface area (TPSA) is 95.6 Å². The summed E-state index contributed by atoms with van der Waals surface area (Å²) in [5.41, 5.74) is 1.37. The van der Waals surface area contributed by atoms with Crippen LogP contribution < -0.4 is 29.0 Å². The van der Waals surface area contributed by atoms with Gasteiger partial charge in [-0.3, -0.25) is 14.5 Å². The van der Waals surface area contributed by atoms with Crippen molar-refractivity contribution < 1.29 is 33.3 Å². The van der Waals surface area contributed by atoms with Crippen LogP contribution in [0.2, 0.25) is 0 Å². The van der Waals surface area contributed by atoms with E-state index in [9.17, 15) is 9.59 Å². The zero-order chi connectivity index (χ0) is 24.3. The number of nitrogens with zero attached hydrogens (tertiary/aromatic N) is 1. The molecule has 0 saturated heterocycles. The number of ether oxygens (including phenoxy) is 5. The lowest BCUT2D eigenvalue weighted by Gasteiger charge is -2.19. The summed E-state index contributed by atoms with van der Waals surface area (Å²) in [6.07, 6.45) is 0. The molecule has 2 amide bonds. The fourth-order valence-corrected chi connectivity index (χ4v) is 3.69. The van der Waals surface area contributed by atoms with E-state index < -0.39 is 11.8 Å². The molecule has 0 bridgehead atoms. The second-order valence-corrected chi connectivity index (χ2v) is 7.43. The van der Waals surface area contributed by atoms with Crippen molar-refractivity contribution in [1.29, 1.82) is 0 Å². The number of benzene rings is 2. The van der Waals surface area contributed by atoms with Crippen LogP contribution in [-0.2, 0) is 9.59 Å². The third-order valence-corrected chi connectivity index (χ3v) is 5.24. The zero-order valence-electron chi connectivity index (χ0n) is 19.8. The second kappa shape index (κ2) is 9.72. The van der Waals surface area contributed by atoms with Gasteiger partial charge in [0.1, 0.15) is 5.70 Å². The molecule has 33 heavy (non-hydrogen) atoms. The molecule has 1 aliphatic heterocycles. The zero-order valence-corrected chi connectivity index (χ0v) is 19.8. The summed E-state index contributed by atoms with van der Waals surface area (Å²) >= 11 is 0. The smallest absolute Gasteiger partial charge is 0.278 e. The number of rotatable bonds is 9. The van der Waals surface area contributed by atoms with Gasteiger partial charge in [-0.05, 0) is 31.5 Å². The predicted molar refractivity (Wildman–Crippen MR) is 123 cm³/mol. The van der Waals surface area contributed by atoms with Gasteiger partial charge in [-0.15, -0.1) is 0 Å². The Balaban J connectivity index is 2.18. The van der Waals surface area contributed by atoms with E-state index in [0.29, 0.717) is 40.0 Å². The van der Waals surface area contributed by atoms with E-state index >= 15 is 0 Å². The van der Waals surface area contributed by atoms with Crippen molar-refractivity contribution in [3.8, 4) is 28.7 Å². The molecule has 9 heteroatoms. The SMILES string of the molecule is COc1ccc(C2=C(Nc3cc(OC)c(OC)c(OC)c3)C(=O)N(C(C)C)C2=O)cc1OC. The van der Waals surface area contributed by atoms with Crippen LogP contribution in [0.15, 0.2) is 36.0 Å². The summed E-state index contributed by atoms with van der Waals surface area (Å²) < 4.78 is 26.9. The van der Waals surface area contributed by atoms with Crippen molar-refractivity contribution in [2.75, 3.05) is 40.9 Å². The van der Waals surface area contributed by atoms with E-state index in [0.717, 1.165) is 0 Å². The van der Waals surface area contributed by atoms with Gasteiger partial charge in [-0.1, -0.05) is 6.07 Å². The maximum Gasteiger partial charge on any atom is 0.278 e. The first-order valence-corrected chi connectivity index (χ1v) is 10.2. The Morgan fingerprint density at radius 1 is 0.727 bits per heavy atom. The summed E-state index contributed by atoms with van der Waals surface area (Å²) in [5.74, 6) is 1.34. The van der Waals surface area contributed by atoms with Gasteiger partial charge in [-0.25, -0.2) is 0 Å². The first-order valence-electron chi connectivity index (χ1n) is 10.2. The third kappa shape index (κ3) is 4.26. The number of imide groups is 1. The fraction of sp³-hybridized carbons (Fsp3) is 0.333. The van der Waals surface area contributed by atoms with Crippen LogP contribution in [0.5, 0.6) is 28.7 Å². The second-order valence-electron chi connectivity index (χ2n) is 7.43. The van der Waals surface area contributed by atoms with Crippen molar-refractivity contribution in [3.05, 3.63) is 41.6 Å². The van der Waals surface area contributed by atoms with Gasteiger partial charge in [0, 0.05) is 23.9 Å². The maximum absolute atomic E-state index is 13.3. The van der Waals surface area contributed by atoms with Gasteiger partial charge >= 0.3 is 0 Å². The minimum Gasteiger partial charge on any atom is -0.493 e. The molecule has 176 valence electrons. The van der Waals surface area contributed by atoms with Gasteiger partial charge in [0.05, 0.1) is 41.1 Å². The Labute approximate surface area is 192 Å². The summed E-state index contributed by atoms with van der Waals surface area (Å²) in [7, 11) is 7.54. The van der Waals surface area contributed by atoms with Crippen LogP contribution in [0.3, 0.4) is 0 Å². The number of hydrogen-bond acceptors (Lipinski definition) is 8. The molecule has 1 heterocycles. The van der Waals surface area contributed by atoms with Crippen molar-refractivity contribution in [2.24, 2.45) is 0 Å². The van der Waals surface area contributed by atoms with Crippen LogP contribution in [-0.4, -0.2) is 58.3 Å². The van der Waals surface area contributed by atoms with Gasteiger partial charge < -0.3 is 29.0 Å². The van der Waals surface area contributed by atoms with Crippen molar-refractivity contribution in [1.82, 2.24) is 4.90 Å². The lowest BCUT2D eigenvalue weighted by atomic mass is 10.0. The summed E-state index contributed by atoms with van der Waals surface area (Å²) in [6, 6.07) is 8.06. The van der Waals surface area contributed by atoms with Crippen LogP contribution >= 0.6 is 0 Å². The van der Waals surface area contributed by atoms with Crippen molar-refractivity contribution in [3.63, 3.8) is 0 Å². The molecule has 2 aromatic rings. The normalized spacial score (nSPS) is 13.5. The lowest BCUT2D eigenvalue weighted by Crippen LogP contribution is -2.38. The Kier molecular flexibility index (Phi) is 7.01. The molecule has 9 nitrogen and oxygen atoms in total. The molecule has 0 unspecified atom stereocenters. The monoisotopic (exact) mass is 456 g/mol. The highest BCUT2D eigenvalue weighted by atomic mass is 16.5. The van der Waals surface area contributed by atoms with E-state index in [2.05, 4.69) is 5.32 Å². The van der Waals surface area contributed by atoms with E-state index in [1.807, 2.05) is 0 Å². The van der Waals surface area contributed by atoms with E-state index in [4.69, 9.17) is 23.7 Å². The Hall–Kier alpha value is -3.88. The highest BCUT2D eigenvalue weighted by molar-refractivity contribution is 6.36. The van der Waals surface area contributed by atoms with E-state index in [1.54, 1.807) is 44.2 Å². The number of amides is 2. The molecule has 1 aliphatic rings. The molecule has 0 radical (unpaired) electrons. The number of carbonyl (C=O) groups is 2. The highest BCUT2D eigenvalue weighted by Gasteiger charge is 2.41. The van der Waals surface area contributed by atoms with E-state index in [1.165, 1.54) is 40.4 Å². The molecule has 1 N–H and O–H groups in total. The highest BCUT2D eigenvalue weighted by Crippen LogP contribution is 2.42. The molecule has 0 aliphatic carbocycles. The minimum absolute atomic E-state index is 0.134. The molecule has 0 spiro atoms. The average Bonchev–Trinajstić information content (AvgIpc) is 3.06. The quantitative estimate of drug-likeness (QED) is 0.574. The maximum atomic E-state index is 13.3.